The molecule has 0 saturated heterocycles. The van der Waals surface area contributed by atoms with Crippen LogP contribution in [0.1, 0.15) is 30.5 Å². The monoisotopic (exact) mass is 309 g/mol. The number of allylic oxidation sites excluding steroid dienone is 2. The summed E-state index contributed by atoms with van der Waals surface area (Å²) in [4.78, 5) is 0. The van der Waals surface area contributed by atoms with Gasteiger partial charge in [0.25, 0.3) is 0 Å². The van der Waals surface area contributed by atoms with Crippen molar-refractivity contribution in [2.45, 2.75) is 20.3 Å². The van der Waals surface area contributed by atoms with Crippen molar-refractivity contribution in [3.05, 3.63) is 64.7 Å². The van der Waals surface area contributed by atoms with Crippen LogP contribution in [-0.2, 0) is 6.42 Å². The number of rotatable bonds is 5. The number of anilines is 1. The minimum Gasteiger partial charge on any atom is -0.504 e. The zero-order valence-corrected chi connectivity index (χ0v) is 13.8. The fourth-order valence-electron chi connectivity index (χ4n) is 2.22. The minimum absolute atomic E-state index is 0.0435. The SMILES string of the molecule is CNc1ccc(C=Cc2cc(O)c(O)c(CC=C(C)C)c2)cc1. The first kappa shape index (κ1) is 16.7. The van der Waals surface area contributed by atoms with E-state index in [1.807, 2.05) is 69.5 Å². The van der Waals surface area contributed by atoms with Crippen molar-refractivity contribution in [3.8, 4) is 11.5 Å². The van der Waals surface area contributed by atoms with Crippen LogP contribution in [0.3, 0.4) is 0 Å². The summed E-state index contributed by atoms with van der Waals surface area (Å²) in [5.74, 6) is -0.132. The number of hydrogen-bond acceptors (Lipinski definition) is 3. The molecule has 0 fully saturated rings. The lowest BCUT2D eigenvalue weighted by Crippen LogP contribution is -1.87. The fourth-order valence-corrected chi connectivity index (χ4v) is 2.22. The van der Waals surface area contributed by atoms with E-state index in [9.17, 15) is 10.2 Å². The molecule has 0 bridgehead atoms. The van der Waals surface area contributed by atoms with Gasteiger partial charge in [0, 0.05) is 18.3 Å². The van der Waals surface area contributed by atoms with Crippen molar-refractivity contribution >= 4 is 17.8 Å². The zero-order chi connectivity index (χ0) is 16.8. The minimum atomic E-state index is -0.0881. The highest BCUT2D eigenvalue weighted by Gasteiger charge is 2.07. The van der Waals surface area contributed by atoms with Crippen LogP contribution in [0.25, 0.3) is 12.2 Å². The molecule has 3 N–H and O–H groups in total. The topological polar surface area (TPSA) is 52.5 Å². The van der Waals surface area contributed by atoms with Crippen molar-refractivity contribution in [1.29, 1.82) is 0 Å². The Kier molecular flexibility index (Phi) is 5.47. The van der Waals surface area contributed by atoms with E-state index in [2.05, 4.69) is 5.32 Å². The summed E-state index contributed by atoms with van der Waals surface area (Å²) in [7, 11) is 1.89. The first-order chi connectivity index (χ1) is 11.0. The van der Waals surface area contributed by atoms with Crippen molar-refractivity contribution in [2.24, 2.45) is 0 Å². The average molecular weight is 309 g/mol. The molecule has 3 heteroatoms. The third-order valence-electron chi connectivity index (χ3n) is 3.59. The van der Waals surface area contributed by atoms with Gasteiger partial charge in [-0.2, -0.15) is 0 Å². The Labute approximate surface area is 137 Å². The predicted molar refractivity (Wildman–Crippen MR) is 97.8 cm³/mol. The second-order valence-corrected chi connectivity index (χ2v) is 5.74. The van der Waals surface area contributed by atoms with Gasteiger partial charge in [-0.05, 0) is 55.7 Å². The zero-order valence-electron chi connectivity index (χ0n) is 13.8. The normalized spacial score (nSPS) is 10.7. The van der Waals surface area contributed by atoms with Gasteiger partial charge in [0.1, 0.15) is 0 Å². The maximum Gasteiger partial charge on any atom is 0.161 e. The molecule has 2 aromatic carbocycles. The van der Waals surface area contributed by atoms with Crippen LogP contribution in [0.4, 0.5) is 5.69 Å². The summed E-state index contributed by atoms with van der Waals surface area (Å²) in [6.45, 7) is 4.02. The van der Waals surface area contributed by atoms with Crippen LogP contribution >= 0.6 is 0 Å². The van der Waals surface area contributed by atoms with Gasteiger partial charge in [0.2, 0.25) is 0 Å². The lowest BCUT2D eigenvalue weighted by molar-refractivity contribution is 0.400. The molecule has 0 heterocycles. The number of aromatic hydroxyl groups is 2. The molecule has 0 unspecified atom stereocenters. The van der Waals surface area contributed by atoms with Gasteiger partial charge in [-0.15, -0.1) is 0 Å². The molecule has 3 nitrogen and oxygen atoms in total. The lowest BCUT2D eigenvalue weighted by Gasteiger charge is -2.07. The van der Waals surface area contributed by atoms with Crippen molar-refractivity contribution in [1.82, 2.24) is 0 Å². The molecule has 0 spiro atoms. The second-order valence-electron chi connectivity index (χ2n) is 5.74. The molecule has 2 aromatic rings. The fraction of sp³-hybridized carbons (Fsp3) is 0.200. The summed E-state index contributed by atoms with van der Waals surface area (Å²) in [6.07, 6.45) is 6.54. The highest BCUT2D eigenvalue weighted by molar-refractivity contribution is 5.72. The second kappa shape index (κ2) is 7.54. The maximum absolute atomic E-state index is 9.97. The first-order valence-corrected chi connectivity index (χ1v) is 7.63. The Morgan fingerprint density at radius 1 is 1.00 bits per heavy atom. The first-order valence-electron chi connectivity index (χ1n) is 7.63. The third-order valence-corrected chi connectivity index (χ3v) is 3.59. The van der Waals surface area contributed by atoms with Gasteiger partial charge in [0.05, 0.1) is 0 Å². The van der Waals surface area contributed by atoms with Gasteiger partial charge in [-0.25, -0.2) is 0 Å². The van der Waals surface area contributed by atoms with Crippen LogP contribution in [0, 0.1) is 0 Å². The van der Waals surface area contributed by atoms with Crippen LogP contribution in [0.5, 0.6) is 11.5 Å². The van der Waals surface area contributed by atoms with Gasteiger partial charge < -0.3 is 15.5 Å². The summed E-state index contributed by atoms with van der Waals surface area (Å²) in [6, 6.07) is 11.5. The Bertz CT molecular complexity index is 724. The molecule has 0 saturated carbocycles. The molecule has 0 aliphatic heterocycles. The molecule has 0 aromatic heterocycles. The standard InChI is InChI=1S/C20H23NO2/c1-14(2)4-9-17-12-16(13-19(22)20(17)23)6-5-15-7-10-18(21-3)11-8-15/h4-8,10-13,21-23H,9H2,1-3H3. The molecular weight excluding hydrogens is 286 g/mol. The van der Waals surface area contributed by atoms with E-state index in [-0.39, 0.29) is 11.5 Å². The summed E-state index contributed by atoms with van der Waals surface area (Å²) < 4.78 is 0. The quantitative estimate of drug-likeness (QED) is 0.422. The van der Waals surface area contributed by atoms with E-state index in [0.717, 1.165) is 22.4 Å². The molecule has 0 aliphatic rings. The Hall–Kier alpha value is -2.68. The van der Waals surface area contributed by atoms with Crippen molar-refractivity contribution < 1.29 is 10.2 Å². The van der Waals surface area contributed by atoms with E-state index in [1.165, 1.54) is 5.57 Å². The molecule has 0 aliphatic carbocycles. The van der Waals surface area contributed by atoms with Crippen LogP contribution in [-0.4, -0.2) is 17.3 Å². The Morgan fingerprint density at radius 3 is 2.26 bits per heavy atom. The molecule has 23 heavy (non-hydrogen) atoms. The number of phenolic OH excluding ortho intramolecular Hbond substituents is 2. The Balaban J connectivity index is 2.24. The predicted octanol–water partition coefficient (Wildman–Crippen LogP) is 4.82. The van der Waals surface area contributed by atoms with Crippen molar-refractivity contribution in [2.75, 3.05) is 12.4 Å². The van der Waals surface area contributed by atoms with E-state index in [4.69, 9.17) is 0 Å². The smallest absolute Gasteiger partial charge is 0.161 e. The van der Waals surface area contributed by atoms with Crippen LogP contribution in [0.15, 0.2) is 48.0 Å². The van der Waals surface area contributed by atoms with E-state index in [1.54, 1.807) is 6.07 Å². The number of benzene rings is 2. The third kappa shape index (κ3) is 4.65. The summed E-state index contributed by atoms with van der Waals surface area (Å²) in [5, 5.41) is 22.9. The van der Waals surface area contributed by atoms with Crippen LogP contribution in [0.2, 0.25) is 0 Å². The van der Waals surface area contributed by atoms with Gasteiger partial charge >= 0.3 is 0 Å². The van der Waals surface area contributed by atoms with Gasteiger partial charge in [0.15, 0.2) is 11.5 Å². The lowest BCUT2D eigenvalue weighted by atomic mass is 10.0. The summed E-state index contributed by atoms with van der Waals surface area (Å²) >= 11 is 0. The largest absolute Gasteiger partial charge is 0.504 e. The highest BCUT2D eigenvalue weighted by Crippen LogP contribution is 2.32. The van der Waals surface area contributed by atoms with Gasteiger partial charge in [-0.3, -0.25) is 0 Å². The maximum atomic E-state index is 9.97. The van der Waals surface area contributed by atoms with E-state index >= 15 is 0 Å². The molecule has 2 rings (SSSR count). The summed E-state index contributed by atoms with van der Waals surface area (Å²) in [5.41, 5.74) is 4.89. The number of hydrogen-bond donors (Lipinski definition) is 3. The highest BCUT2D eigenvalue weighted by atomic mass is 16.3. The number of phenols is 2. The van der Waals surface area contributed by atoms with Gasteiger partial charge in [-0.1, -0.05) is 35.9 Å². The van der Waals surface area contributed by atoms with E-state index < -0.39 is 0 Å². The molecule has 0 radical (unpaired) electrons. The van der Waals surface area contributed by atoms with E-state index in [0.29, 0.717) is 6.42 Å². The molecule has 0 amide bonds. The number of nitrogens with one attached hydrogen (secondary N) is 1. The molecule has 0 atom stereocenters. The molecular formula is C20H23NO2. The molecule has 120 valence electrons. The van der Waals surface area contributed by atoms with Crippen LogP contribution < -0.4 is 5.32 Å². The van der Waals surface area contributed by atoms with Crippen molar-refractivity contribution in [3.63, 3.8) is 0 Å². The Morgan fingerprint density at radius 2 is 1.65 bits per heavy atom. The average Bonchev–Trinajstić information content (AvgIpc) is 2.55.